The molecule has 0 amide bonds. The topological polar surface area (TPSA) is 94.5 Å². The van der Waals surface area contributed by atoms with Crippen molar-refractivity contribution in [2.24, 2.45) is 0 Å². The van der Waals surface area contributed by atoms with Gasteiger partial charge in [0.1, 0.15) is 0 Å². The average molecular weight is 497 g/mol. The first kappa shape index (κ1) is 23.7. The number of nitrogens with zero attached hydrogens (tertiary/aromatic N) is 1. The molecular weight excluding hydrogens is 472 g/mol. The van der Waals surface area contributed by atoms with E-state index in [2.05, 4.69) is 4.72 Å². The van der Waals surface area contributed by atoms with Crippen LogP contribution in [0.5, 0.6) is 0 Å². The van der Waals surface area contributed by atoms with Crippen molar-refractivity contribution in [3.05, 3.63) is 93.6 Å². The van der Waals surface area contributed by atoms with Gasteiger partial charge in [-0.05, 0) is 54.4 Å². The fourth-order valence-electron chi connectivity index (χ4n) is 3.41. The lowest BCUT2D eigenvalue weighted by Crippen LogP contribution is -2.14. The number of benzene rings is 3. The summed E-state index contributed by atoms with van der Waals surface area (Å²) < 4.78 is 35.8. The van der Waals surface area contributed by atoms with E-state index in [0.29, 0.717) is 34.6 Å². The molecule has 0 radical (unpaired) electrons. The van der Waals surface area contributed by atoms with E-state index in [-0.39, 0.29) is 9.77 Å². The van der Waals surface area contributed by atoms with Crippen LogP contribution < -0.4 is 9.60 Å². The molecule has 176 valence electrons. The Kier molecular flexibility index (Phi) is 7.14. The smallest absolute Gasteiger partial charge is 0.338 e. The van der Waals surface area contributed by atoms with Gasteiger partial charge in [0.05, 0.1) is 33.8 Å². The molecule has 0 aliphatic rings. The first-order valence-corrected chi connectivity index (χ1v) is 13.1. The third-order valence-electron chi connectivity index (χ3n) is 5.24. The standard InChI is InChI=1S/C25H24N2O5S2/c1-2-3-15-32-24(28)19-9-11-20(12-10-19)26-34(30,31)21-13-14-22-23(16-21)33-25(29)27(22)17-18-7-5-4-6-8-18/h4-14,16,26H,2-3,15,17H2,1H3. The fraction of sp³-hybridized carbons (Fsp3) is 0.200. The summed E-state index contributed by atoms with van der Waals surface area (Å²) in [4.78, 5) is 24.5. The maximum Gasteiger partial charge on any atom is 0.338 e. The number of fused-ring (bicyclic) bond motifs is 1. The third-order valence-corrected chi connectivity index (χ3v) is 7.56. The van der Waals surface area contributed by atoms with Crippen LogP contribution >= 0.6 is 11.3 Å². The van der Waals surface area contributed by atoms with Gasteiger partial charge >= 0.3 is 10.8 Å². The molecule has 1 aromatic heterocycles. The summed E-state index contributed by atoms with van der Waals surface area (Å²) in [5.41, 5.74) is 2.34. The van der Waals surface area contributed by atoms with E-state index < -0.39 is 16.0 Å². The van der Waals surface area contributed by atoms with Gasteiger partial charge in [-0.1, -0.05) is 55.0 Å². The SMILES string of the molecule is CCCCOC(=O)c1ccc(NS(=O)(=O)c2ccc3c(c2)sc(=O)n3Cc2ccccc2)cc1. The van der Waals surface area contributed by atoms with Crippen molar-refractivity contribution >= 4 is 43.2 Å². The monoisotopic (exact) mass is 496 g/mol. The largest absolute Gasteiger partial charge is 0.462 e. The maximum atomic E-state index is 12.9. The van der Waals surface area contributed by atoms with Crippen molar-refractivity contribution in [3.63, 3.8) is 0 Å². The zero-order valence-corrected chi connectivity index (χ0v) is 20.2. The zero-order chi connectivity index (χ0) is 24.1. The van der Waals surface area contributed by atoms with Crippen LogP contribution in [0, 0.1) is 0 Å². The maximum absolute atomic E-state index is 12.9. The number of esters is 1. The number of carbonyl (C=O) groups excluding carboxylic acids is 1. The van der Waals surface area contributed by atoms with E-state index in [1.807, 2.05) is 37.3 Å². The van der Waals surface area contributed by atoms with Gasteiger partial charge in [-0.15, -0.1) is 0 Å². The molecule has 9 heteroatoms. The van der Waals surface area contributed by atoms with Gasteiger partial charge in [0.25, 0.3) is 10.0 Å². The van der Waals surface area contributed by atoms with Crippen LogP contribution in [-0.4, -0.2) is 25.6 Å². The Labute approximate surface area is 201 Å². The second kappa shape index (κ2) is 10.2. The van der Waals surface area contributed by atoms with Crippen LogP contribution in [0.1, 0.15) is 35.7 Å². The molecule has 0 aliphatic carbocycles. The summed E-state index contributed by atoms with van der Waals surface area (Å²) in [6.45, 7) is 2.77. The lowest BCUT2D eigenvalue weighted by molar-refractivity contribution is 0.0500. The minimum absolute atomic E-state index is 0.0520. The minimum Gasteiger partial charge on any atom is -0.462 e. The van der Waals surface area contributed by atoms with E-state index in [1.165, 1.54) is 36.4 Å². The molecule has 1 N–H and O–H groups in total. The van der Waals surface area contributed by atoms with Crippen molar-refractivity contribution in [2.75, 3.05) is 11.3 Å². The summed E-state index contributed by atoms with van der Waals surface area (Å²) >= 11 is 1.01. The molecule has 7 nitrogen and oxygen atoms in total. The molecule has 4 rings (SSSR count). The van der Waals surface area contributed by atoms with Crippen molar-refractivity contribution < 1.29 is 17.9 Å². The van der Waals surface area contributed by atoms with E-state index in [4.69, 9.17) is 4.74 Å². The summed E-state index contributed by atoms with van der Waals surface area (Å²) in [5, 5.41) is 0. The zero-order valence-electron chi connectivity index (χ0n) is 18.6. The number of aromatic nitrogens is 1. The third kappa shape index (κ3) is 5.37. The van der Waals surface area contributed by atoms with Crippen molar-refractivity contribution in [2.45, 2.75) is 31.2 Å². The lowest BCUT2D eigenvalue weighted by Gasteiger charge is -2.10. The van der Waals surface area contributed by atoms with Gasteiger partial charge in [-0.2, -0.15) is 0 Å². The molecule has 0 saturated heterocycles. The van der Waals surface area contributed by atoms with Gasteiger partial charge in [0.15, 0.2) is 0 Å². The first-order chi connectivity index (χ1) is 16.4. The molecule has 34 heavy (non-hydrogen) atoms. The highest BCUT2D eigenvalue weighted by molar-refractivity contribution is 7.92. The summed E-state index contributed by atoms with van der Waals surface area (Å²) in [7, 11) is -3.89. The highest BCUT2D eigenvalue weighted by Crippen LogP contribution is 2.24. The number of sulfonamides is 1. The normalized spacial score (nSPS) is 11.4. The molecular formula is C25H24N2O5S2. The second-order valence-corrected chi connectivity index (χ2v) is 10.4. The number of carbonyl (C=O) groups is 1. The molecule has 3 aromatic carbocycles. The van der Waals surface area contributed by atoms with Gasteiger partial charge in [0.2, 0.25) is 0 Å². The van der Waals surface area contributed by atoms with Crippen LogP contribution in [0.3, 0.4) is 0 Å². The molecule has 0 spiro atoms. The number of rotatable bonds is 9. The van der Waals surface area contributed by atoms with E-state index in [1.54, 1.807) is 10.6 Å². The number of unbranched alkanes of at least 4 members (excludes halogenated alkanes) is 1. The predicted octanol–water partition coefficient (Wildman–Crippen LogP) is 4.87. The Bertz CT molecular complexity index is 1460. The molecule has 1 heterocycles. The van der Waals surface area contributed by atoms with E-state index >= 15 is 0 Å². The Hall–Kier alpha value is -3.43. The first-order valence-electron chi connectivity index (χ1n) is 10.8. The average Bonchev–Trinajstić information content (AvgIpc) is 3.14. The Morgan fingerprint density at radius 3 is 2.47 bits per heavy atom. The molecule has 0 bridgehead atoms. The number of hydrogen-bond acceptors (Lipinski definition) is 6. The van der Waals surface area contributed by atoms with Crippen LogP contribution in [0.2, 0.25) is 0 Å². The van der Waals surface area contributed by atoms with Crippen molar-refractivity contribution in [1.82, 2.24) is 4.57 Å². The number of nitrogens with one attached hydrogen (secondary N) is 1. The van der Waals surface area contributed by atoms with Gasteiger partial charge in [-0.3, -0.25) is 14.1 Å². The highest BCUT2D eigenvalue weighted by atomic mass is 32.2. The highest BCUT2D eigenvalue weighted by Gasteiger charge is 2.18. The van der Waals surface area contributed by atoms with Crippen LogP contribution in [-0.2, 0) is 21.3 Å². The van der Waals surface area contributed by atoms with Gasteiger partial charge in [0, 0.05) is 5.69 Å². The molecule has 0 unspecified atom stereocenters. The number of thiazole rings is 1. The second-order valence-electron chi connectivity index (χ2n) is 7.74. The summed E-state index contributed by atoms with van der Waals surface area (Å²) in [5.74, 6) is -0.441. The lowest BCUT2D eigenvalue weighted by atomic mass is 10.2. The summed E-state index contributed by atoms with van der Waals surface area (Å²) in [6.07, 6.45) is 1.71. The Morgan fingerprint density at radius 2 is 1.76 bits per heavy atom. The minimum atomic E-state index is -3.89. The predicted molar refractivity (Wildman–Crippen MR) is 134 cm³/mol. The molecule has 4 aromatic rings. The van der Waals surface area contributed by atoms with E-state index in [0.717, 1.165) is 29.7 Å². The number of anilines is 1. The molecule has 0 atom stereocenters. The number of ether oxygens (including phenoxy) is 1. The molecule has 0 aliphatic heterocycles. The Balaban J connectivity index is 1.52. The quantitative estimate of drug-likeness (QED) is 0.264. The van der Waals surface area contributed by atoms with Crippen molar-refractivity contribution in [1.29, 1.82) is 0 Å². The van der Waals surface area contributed by atoms with E-state index in [9.17, 15) is 18.0 Å². The van der Waals surface area contributed by atoms with Gasteiger partial charge < -0.3 is 4.74 Å². The van der Waals surface area contributed by atoms with Crippen LogP contribution in [0.15, 0.2) is 82.5 Å². The van der Waals surface area contributed by atoms with Crippen LogP contribution in [0.25, 0.3) is 10.2 Å². The van der Waals surface area contributed by atoms with Crippen molar-refractivity contribution in [3.8, 4) is 0 Å². The van der Waals surface area contributed by atoms with Crippen LogP contribution in [0.4, 0.5) is 5.69 Å². The molecule has 0 fully saturated rings. The molecule has 0 saturated carbocycles. The fourth-order valence-corrected chi connectivity index (χ4v) is 5.50. The Morgan fingerprint density at radius 1 is 1.03 bits per heavy atom. The summed E-state index contributed by atoms with van der Waals surface area (Å²) in [6, 6.07) is 20.3. The number of hydrogen-bond donors (Lipinski definition) is 1. The van der Waals surface area contributed by atoms with Gasteiger partial charge in [-0.25, -0.2) is 13.2 Å².